The van der Waals surface area contributed by atoms with Crippen molar-refractivity contribution in [2.45, 2.75) is 24.8 Å². The molecule has 0 aliphatic heterocycles. The van der Waals surface area contributed by atoms with Gasteiger partial charge in [-0.25, -0.2) is 15.2 Å². The Hall–Kier alpha value is -1.47. The van der Waals surface area contributed by atoms with Gasteiger partial charge in [0.15, 0.2) is 11.6 Å². The molecule has 6 nitrogen and oxygen atoms in total. The van der Waals surface area contributed by atoms with Gasteiger partial charge >= 0.3 is 0 Å². The standard InChI is InChI=1S/C11H19FN6/c1-18(2)11(4-3-5-11)7-15-9-8(12)6-14-10(16-9)17-13/h6H,3-5,7,13H2,1-2H3,(H2,14,15,16,17). The second-order valence-corrected chi connectivity index (χ2v) is 4.86. The third-order valence-corrected chi connectivity index (χ3v) is 3.69. The number of likely N-dealkylation sites (N-methyl/N-ethyl adjacent to an activating group) is 1. The number of nitrogen functional groups attached to an aromatic ring is 1. The first-order valence-corrected chi connectivity index (χ1v) is 5.98. The Kier molecular flexibility index (Phi) is 3.63. The minimum Gasteiger partial charge on any atom is -0.366 e. The van der Waals surface area contributed by atoms with Crippen LogP contribution >= 0.6 is 0 Å². The second kappa shape index (κ2) is 5.03. The van der Waals surface area contributed by atoms with Crippen molar-refractivity contribution in [1.29, 1.82) is 0 Å². The van der Waals surface area contributed by atoms with Crippen molar-refractivity contribution in [1.82, 2.24) is 14.9 Å². The highest BCUT2D eigenvalue weighted by atomic mass is 19.1. The van der Waals surface area contributed by atoms with Crippen LogP contribution in [0.4, 0.5) is 16.2 Å². The Morgan fingerprint density at radius 3 is 2.72 bits per heavy atom. The van der Waals surface area contributed by atoms with E-state index in [2.05, 4.69) is 25.6 Å². The third kappa shape index (κ3) is 2.37. The van der Waals surface area contributed by atoms with Gasteiger partial charge in [-0.2, -0.15) is 4.98 Å². The number of nitrogens with one attached hydrogen (secondary N) is 2. The number of hydrazine groups is 1. The molecule has 1 aromatic rings. The number of anilines is 2. The summed E-state index contributed by atoms with van der Waals surface area (Å²) in [6, 6.07) is 0. The molecule has 1 heterocycles. The molecule has 0 amide bonds. The summed E-state index contributed by atoms with van der Waals surface area (Å²) in [5.74, 6) is 5.12. The van der Waals surface area contributed by atoms with Crippen LogP contribution in [-0.4, -0.2) is 41.0 Å². The average Bonchev–Trinajstić information content (AvgIpc) is 2.29. The lowest BCUT2D eigenvalue weighted by molar-refractivity contribution is 0.0737. The summed E-state index contributed by atoms with van der Waals surface area (Å²) in [5.41, 5.74) is 2.41. The number of halogens is 1. The molecule has 1 aliphatic rings. The SMILES string of the molecule is CN(C)C1(CNc2nc(NN)ncc2F)CCC1. The Bertz CT molecular complexity index is 418. The summed E-state index contributed by atoms with van der Waals surface area (Å²) in [5, 5.41) is 3.05. The lowest BCUT2D eigenvalue weighted by Crippen LogP contribution is -2.54. The highest BCUT2D eigenvalue weighted by Gasteiger charge is 2.38. The smallest absolute Gasteiger partial charge is 0.239 e. The van der Waals surface area contributed by atoms with Crippen LogP contribution in [0.3, 0.4) is 0 Å². The molecule has 1 aromatic heterocycles. The predicted molar refractivity (Wildman–Crippen MR) is 68.6 cm³/mol. The van der Waals surface area contributed by atoms with Crippen LogP contribution in [0.5, 0.6) is 0 Å². The summed E-state index contributed by atoms with van der Waals surface area (Å²) >= 11 is 0. The van der Waals surface area contributed by atoms with Crippen molar-refractivity contribution in [2.24, 2.45) is 5.84 Å². The predicted octanol–water partition coefficient (Wildman–Crippen LogP) is 0.797. The van der Waals surface area contributed by atoms with Gasteiger partial charge in [-0.05, 0) is 33.4 Å². The molecule has 0 atom stereocenters. The van der Waals surface area contributed by atoms with Crippen LogP contribution in [0, 0.1) is 5.82 Å². The molecule has 1 aliphatic carbocycles. The van der Waals surface area contributed by atoms with Gasteiger partial charge in [0.2, 0.25) is 5.95 Å². The maximum Gasteiger partial charge on any atom is 0.239 e. The number of rotatable bonds is 5. The molecule has 1 fully saturated rings. The molecule has 4 N–H and O–H groups in total. The van der Waals surface area contributed by atoms with E-state index >= 15 is 0 Å². The van der Waals surface area contributed by atoms with Crippen LogP contribution < -0.4 is 16.6 Å². The Labute approximate surface area is 106 Å². The number of nitrogens with two attached hydrogens (primary N) is 1. The average molecular weight is 254 g/mol. The molecule has 18 heavy (non-hydrogen) atoms. The second-order valence-electron chi connectivity index (χ2n) is 4.86. The fourth-order valence-corrected chi connectivity index (χ4v) is 2.18. The quantitative estimate of drug-likeness (QED) is 0.533. The van der Waals surface area contributed by atoms with Gasteiger partial charge in [0, 0.05) is 12.1 Å². The number of hydrogen-bond donors (Lipinski definition) is 3. The Morgan fingerprint density at radius 2 is 2.22 bits per heavy atom. The first-order chi connectivity index (χ1) is 8.57. The van der Waals surface area contributed by atoms with Crippen molar-refractivity contribution in [3.63, 3.8) is 0 Å². The van der Waals surface area contributed by atoms with E-state index in [9.17, 15) is 4.39 Å². The molecule has 0 saturated heterocycles. The maximum atomic E-state index is 13.5. The van der Waals surface area contributed by atoms with Crippen LogP contribution in [0.2, 0.25) is 0 Å². The van der Waals surface area contributed by atoms with Gasteiger partial charge in [0.1, 0.15) is 0 Å². The van der Waals surface area contributed by atoms with Gasteiger partial charge < -0.3 is 10.2 Å². The monoisotopic (exact) mass is 254 g/mol. The molecular formula is C11H19FN6. The van der Waals surface area contributed by atoms with E-state index in [4.69, 9.17) is 5.84 Å². The van der Waals surface area contributed by atoms with Gasteiger partial charge in [0.25, 0.3) is 0 Å². The van der Waals surface area contributed by atoms with Crippen molar-refractivity contribution in [3.05, 3.63) is 12.0 Å². The number of aromatic nitrogens is 2. The minimum absolute atomic E-state index is 0.105. The van der Waals surface area contributed by atoms with Gasteiger partial charge in [0.05, 0.1) is 6.20 Å². The largest absolute Gasteiger partial charge is 0.366 e. The zero-order chi connectivity index (χ0) is 13.2. The van der Waals surface area contributed by atoms with Crippen molar-refractivity contribution in [2.75, 3.05) is 31.4 Å². The Morgan fingerprint density at radius 1 is 1.50 bits per heavy atom. The summed E-state index contributed by atoms with van der Waals surface area (Å²) in [6.07, 6.45) is 4.54. The van der Waals surface area contributed by atoms with Gasteiger partial charge in [-0.3, -0.25) is 5.43 Å². The van der Waals surface area contributed by atoms with Crippen molar-refractivity contribution < 1.29 is 4.39 Å². The van der Waals surface area contributed by atoms with Crippen molar-refractivity contribution >= 4 is 11.8 Å². The molecule has 0 spiro atoms. The molecule has 7 heteroatoms. The third-order valence-electron chi connectivity index (χ3n) is 3.69. The highest BCUT2D eigenvalue weighted by molar-refractivity contribution is 5.41. The van der Waals surface area contributed by atoms with E-state index in [1.165, 1.54) is 6.42 Å². The normalized spacial score (nSPS) is 17.4. The minimum atomic E-state index is -0.470. The zero-order valence-electron chi connectivity index (χ0n) is 10.7. The molecule has 0 aromatic carbocycles. The fourth-order valence-electron chi connectivity index (χ4n) is 2.18. The van der Waals surface area contributed by atoms with E-state index in [-0.39, 0.29) is 17.3 Å². The number of hydrogen-bond acceptors (Lipinski definition) is 6. The molecular weight excluding hydrogens is 235 g/mol. The van der Waals surface area contributed by atoms with Crippen LogP contribution in [0.25, 0.3) is 0 Å². The zero-order valence-corrected chi connectivity index (χ0v) is 10.7. The molecule has 1 saturated carbocycles. The first-order valence-electron chi connectivity index (χ1n) is 5.98. The maximum absolute atomic E-state index is 13.5. The van der Waals surface area contributed by atoms with E-state index in [0.717, 1.165) is 19.0 Å². The van der Waals surface area contributed by atoms with Crippen molar-refractivity contribution in [3.8, 4) is 0 Å². The van der Waals surface area contributed by atoms with E-state index in [1.807, 2.05) is 14.1 Å². The van der Waals surface area contributed by atoms with Crippen LogP contribution in [0.1, 0.15) is 19.3 Å². The summed E-state index contributed by atoms with van der Waals surface area (Å²) in [7, 11) is 4.09. The number of nitrogens with zero attached hydrogens (tertiary/aromatic N) is 3. The van der Waals surface area contributed by atoms with E-state index in [1.54, 1.807) is 0 Å². The highest BCUT2D eigenvalue weighted by Crippen LogP contribution is 2.36. The van der Waals surface area contributed by atoms with Crippen LogP contribution in [-0.2, 0) is 0 Å². The summed E-state index contributed by atoms with van der Waals surface area (Å²) in [6.45, 7) is 0.665. The fraction of sp³-hybridized carbons (Fsp3) is 0.636. The van der Waals surface area contributed by atoms with Gasteiger partial charge in [-0.15, -0.1) is 0 Å². The summed E-state index contributed by atoms with van der Waals surface area (Å²) in [4.78, 5) is 9.84. The summed E-state index contributed by atoms with van der Waals surface area (Å²) < 4.78 is 13.5. The Balaban J connectivity index is 2.05. The lowest BCUT2D eigenvalue weighted by atomic mass is 9.75. The van der Waals surface area contributed by atoms with Gasteiger partial charge in [-0.1, -0.05) is 0 Å². The lowest BCUT2D eigenvalue weighted by Gasteiger charge is -2.47. The van der Waals surface area contributed by atoms with Crippen LogP contribution in [0.15, 0.2) is 6.20 Å². The van der Waals surface area contributed by atoms with E-state index in [0.29, 0.717) is 6.54 Å². The molecule has 0 bridgehead atoms. The topological polar surface area (TPSA) is 79.1 Å². The molecule has 0 radical (unpaired) electrons. The first kappa shape index (κ1) is 13.0. The molecule has 0 unspecified atom stereocenters. The molecule has 100 valence electrons. The van der Waals surface area contributed by atoms with E-state index < -0.39 is 5.82 Å². The molecule has 2 rings (SSSR count).